The molecule has 0 saturated carbocycles. The molecule has 76 valence electrons. The van der Waals surface area contributed by atoms with Crippen LogP contribution in [0, 0.1) is 0 Å². The molecule has 1 aromatic heterocycles. The van der Waals surface area contributed by atoms with E-state index in [9.17, 15) is 4.79 Å². The number of benzene rings is 1. The Labute approximate surface area is 84.3 Å². The fourth-order valence-electron chi connectivity index (χ4n) is 1.10. The molecule has 0 atom stereocenters. The van der Waals surface area contributed by atoms with E-state index < -0.39 is 6.09 Å². The van der Waals surface area contributed by atoms with Crippen molar-refractivity contribution in [3.05, 3.63) is 30.6 Å². The van der Waals surface area contributed by atoms with E-state index in [0.29, 0.717) is 5.69 Å². The summed E-state index contributed by atoms with van der Waals surface area (Å²) in [5, 5.41) is 21.4. The molecule has 2 aromatic rings. The number of aromatic nitrogens is 4. The summed E-state index contributed by atoms with van der Waals surface area (Å²) in [6.07, 6.45) is 0.366. The third kappa shape index (κ3) is 2.08. The molecule has 15 heavy (non-hydrogen) atoms. The second-order valence-electron chi connectivity index (χ2n) is 2.73. The number of hydrogen-bond donors (Lipinski definition) is 2. The number of amides is 1. The summed E-state index contributed by atoms with van der Waals surface area (Å²) in [6.45, 7) is 0. The average molecular weight is 205 g/mol. The fourth-order valence-corrected chi connectivity index (χ4v) is 1.10. The predicted octanol–water partition coefficient (Wildman–Crippen LogP) is 0.752. The average Bonchev–Trinajstić information content (AvgIpc) is 2.71. The smallest absolute Gasteiger partial charge is 0.409 e. The van der Waals surface area contributed by atoms with E-state index in [0.717, 1.165) is 5.69 Å². The molecule has 0 aliphatic rings. The van der Waals surface area contributed by atoms with Crippen molar-refractivity contribution in [2.75, 3.05) is 5.32 Å². The topological polar surface area (TPSA) is 92.9 Å². The molecule has 0 fully saturated rings. The van der Waals surface area contributed by atoms with Crippen LogP contribution in [-0.4, -0.2) is 31.4 Å². The molecule has 0 bridgehead atoms. The molecule has 0 spiro atoms. The summed E-state index contributed by atoms with van der Waals surface area (Å²) >= 11 is 0. The van der Waals surface area contributed by atoms with Crippen LogP contribution >= 0.6 is 0 Å². The minimum atomic E-state index is -1.09. The standard InChI is InChI=1S/C8H7N5O2/c14-8(15)10-6-1-3-7(4-2-6)13-5-9-11-12-13/h1-5,10H,(H,14,15). The zero-order valence-electron chi connectivity index (χ0n) is 7.53. The molecule has 0 aliphatic heterocycles. The van der Waals surface area contributed by atoms with Crippen molar-refractivity contribution >= 4 is 11.8 Å². The maximum Gasteiger partial charge on any atom is 0.409 e. The van der Waals surface area contributed by atoms with Crippen molar-refractivity contribution in [2.45, 2.75) is 0 Å². The van der Waals surface area contributed by atoms with Gasteiger partial charge in [0.2, 0.25) is 0 Å². The van der Waals surface area contributed by atoms with Crippen LogP contribution in [0.4, 0.5) is 10.5 Å². The monoisotopic (exact) mass is 205 g/mol. The Morgan fingerprint density at radius 3 is 2.60 bits per heavy atom. The van der Waals surface area contributed by atoms with Gasteiger partial charge >= 0.3 is 6.09 Å². The van der Waals surface area contributed by atoms with E-state index >= 15 is 0 Å². The SMILES string of the molecule is O=C(O)Nc1ccc(-n2cnnn2)cc1. The fraction of sp³-hybridized carbons (Fsp3) is 0. The van der Waals surface area contributed by atoms with Crippen molar-refractivity contribution in [1.29, 1.82) is 0 Å². The first-order chi connectivity index (χ1) is 7.25. The first-order valence-corrected chi connectivity index (χ1v) is 4.09. The largest absolute Gasteiger partial charge is 0.465 e. The molecule has 1 amide bonds. The summed E-state index contributed by atoms with van der Waals surface area (Å²) in [4.78, 5) is 10.3. The third-order valence-electron chi connectivity index (χ3n) is 1.73. The summed E-state index contributed by atoms with van der Waals surface area (Å²) in [5.41, 5.74) is 1.26. The summed E-state index contributed by atoms with van der Waals surface area (Å²) < 4.78 is 1.48. The van der Waals surface area contributed by atoms with Gasteiger partial charge in [0.05, 0.1) is 5.69 Å². The highest BCUT2D eigenvalue weighted by Gasteiger charge is 1.99. The molecule has 7 heteroatoms. The molecular formula is C8H7N5O2. The molecule has 2 rings (SSSR count). The highest BCUT2D eigenvalue weighted by molar-refractivity contribution is 5.82. The van der Waals surface area contributed by atoms with Crippen LogP contribution in [-0.2, 0) is 0 Å². The van der Waals surface area contributed by atoms with Gasteiger partial charge in [0.1, 0.15) is 6.33 Å². The minimum Gasteiger partial charge on any atom is -0.465 e. The Kier molecular flexibility index (Phi) is 2.28. The van der Waals surface area contributed by atoms with Crippen LogP contribution < -0.4 is 5.32 Å². The maximum atomic E-state index is 10.3. The highest BCUT2D eigenvalue weighted by Crippen LogP contribution is 2.11. The molecule has 1 aromatic carbocycles. The number of carboxylic acid groups (broad SMARTS) is 1. The van der Waals surface area contributed by atoms with Gasteiger partial charge in [-0.25, -0.2) is 9.48 Å². The second kappa shape index (κ2) is 3.74. The minimum absolute atomic E-state index is 0.499. The lowest BCUT2D eigenvalue weighted by Crippen LogP contribution is -2.07. The summed E-state index contributed by atoms with van der Waals surface area (Å²) in [6, 6.07) is 6.68. The lowest BCUT2D eigenvalue weighted by Gasteiger charge is -2.02. The van der Waals surface area contributed by atoms with Gasteiger partial charge in [0, 0.05) is 5.69 Å². The number of tetrazole rings is 1. The Balaban J connectivity index is 2.21. The Morgan fingerprint density at radius 2 is 2.07 bits per heavy atom. The van der Waals surface area contributed by atoms with Crippen molar-refractivity contribution in [3.63, 3.8) is 0 Å². The van der Waals surface area contributed by atoms with E-state index in [4.69, 9.17) is 5.11 Å². The first kappa shape index (κ1) is 9.13. The van der Waals surface area contributed by atoms with Crippen LogP contribution in [0.2, 0.25) is 0 Å². The van der Waals surface area contributed by atoms with Crippen molar-refractivity contribution < 1.29 is 9.90 Å². The van der Waals surface area contributed by atoms with Gasteiger partial charge < -0.3 is 5.11 Å². The van der Waals surface area contributed by atoms with E-state index in [1.807, 2.05) is 0 Å². The number of rotatable bonds is 2. The Hall–Kier alpha value is -2.44. The molecule has 1 heterocycles. The Morgan fingerprint density at radius 1 is 1.33 bits per heavy atom. The molecule has 0 unspecified atom stereocenters. The quantitative estimate of drug-likeness (QED) is 0.754. The first-order valence-electron chi connectivity index (χ1n) is 4.09. The van der Waals surface area contributed by atoms with Crippen LogP contribution in [0.1, 0.15) is 0 Å². The highest BCUT2D eigenvalue weighted by atomic mass is 16.4. The number of anilines is 1. The lowest BCUT2D eigenvalue weighted by molar-refractivity contribution is 0.210. The number of carbonyl (C=O) groups is 1. The zero-order valence-corrected chi connectivity index (χ0v) is 7.53. The van der Waals surface area contributed by atoms with Crippen LogP contribution in [0.5, 0.6) is 0 Å². The van der Waals surface area contributed by atoms with E-state index in [1.54, 1.807) is 24.3 Å². The second-order valence-corrected chi connectivity index (χ2v) is 2.73. The van der Waals surface area contributed by atoms with Gasteiger partial charge in [0.25, 0.3) is 0 Å². The normalized spacial score (nSPS) is 9.87. The van der Waals surface area contributed by atoms with Gasteiger partial charge in [-0.15, -0.1) is 5.10 Å². The number of hydrogen-bond acceptors (Lipinski definition) is 4. The number of nitrogens with one attached hydrogen (secondary N) is 1. The van der Waals surface area contributed by atoms with Crippen LogP contribution in [0.15, 0.2) is 30.6 Å². The summed E-state index contributed by atoms with van der Waals surface area (Å²) in [5.74, 6) is 0. The van der Waals surface area contributed by atoms with Crippen molar-refractivity contribution in [1.82, 2.24) is 20.2 Å². The van der Waals surface area contributed by atoms with Crippen LogP contribution in [0.3, 0.4) is 0 Å². The lowest BCUT2D eigenvalue weighted by atomic mass is 10.3. The van der Waals surface area contributed by atoms with Gasteiger partial charge in [0.15, 0.2) is 0 Å². The van der Waals surface area contributed by atoms with E-state index in [1.165, 1.54) is 11.0 Å². The number of nitrogens with zero attached hydrogens (tertiary/aromatic N) is 4. The van der Waals surface area contributed by atoms with Gasteiger partial charge in [-0.2, -0.15) is 0 Å². The van der Waals surface area contributed by atoms with E-state index in [2.05, 4.69) is 20.8 Å². The van der Waals surface area contributed by atoms with Gasteiger partial charge in [-0.1, -0.05) is 0 Å². The molecular weight excluding hydrogens is 198 g/mol. The maximum absolute atomic E-state index is 10.3. The summed E-state index contributed by atoms with van der Waals surface area (Å²) in [7, 11) is 0. The molecule has 0 aliphatic carbocycles. The molecule has 0 radical (unpaired) electrons. The van der Waals surface area contributed by atoms with Crippen molar-refractivity contribution in [2.24, 2.45) is 0 Å². The Bertz CT molecular complexity index is 450. The zero-order chi connectivity index (χ0) is 10.7. The van der Waals surface area contributed by atoms with Gasteiger partial charge in [-0.3, -0.25) is 5.32 Å². The van der Waals surface area contributed by atoms with Crippen molar-refractivity contribution in [3.8, 4) is 5.69 Å². The van der Waals surface area contributed by atoms with E-state index in [-0.39, 0.29) is 0 Å². The molecule has 7 nitrogen and oxygen atoms in total. The van der Waals surface area contributed by atoms with Crippen LogP contribution in [0.25, 0.3) is 5.69 Å². The molecule has 2 N–H and O–H groups in total. The third-order valence-corrected chi connectivity index (χ3v) is 1.73. The predicted molar refractivity (Wildman–Crippen MR) is 50.8 cm³/mol. The molecule has 0 saturated heterocycles. The van der Waals surface area contributed by atoms with Gasteiger partial charge in [-0.05, 0) is 34.7 Å².